The molecular formula is C14H19ClO2S. The second kappa shape index (κ2) is 6.18. The fourth-order valence-corrected chi connectivity index (χ4v) is 2.79. The van der Waals surface area contributed by atoms with Crippen LogP contribution < -0.4 is 4.74 Å². The van der Waals surface area contributed by atoms with Gasteiger partial charge in [0.1, 0.15) is 5.75 Å². The van der Waals surface area contributed by atoms with Crippen LogP contribution in [0.4, 0.5) is 0 Å². The molecule has 18 heavy (non-hydrogen) atoms. The minimum Gasteiger partial charge on any atom is -0.493 e. The van der Waals surface area contributed by atoms with E-state index in [1.165, 1.54) is 0 Å². The van der Waals surface area contributed by atoms with E-state index < -0.39 is 0 Å². The zero-order valence-corrected chi connectivity index (χ0v) is 12.3. The summed E-state index contributed by atoms with van der Waals surface area (Å²) in [5, 5.41) is 0.745. The molecule has 0 atom stereocenters. The normalized spacial score (nSPS) is 18.6. The molecule has 2 nitrogen and oxygen atoms in total. The van der Waals surface area contributed by atoms with E-state index in [4.69, 9.17) is 21.1 Å². The molecule has 1 aliphatic rings. The van der Waals surface area contributed by atoms with Gasteiger partial charge in [0.25, 0.3) is 0 Å². The van der Waals surface area contributed by atoms with E-state index in [2.05, 4.69) is 12.6 Å². The van der Waals surface area contributed by atoms with Gasteiger partial charge in [0, 0.05) is 23.7 Å². The summed E-state index contributed by atoms with van der Waals surface area (Å²) in [4.78, 5) is 0. The van der Waals surface area contributed by atoms with Gasteiger partial charge in [0.2, 0.25) is 0 Å². The molecule has 1 aromatic rings. The van der Waals surface area contributed by atoms with Gasteiger partial charge in [-0.15, -0.1) is 0 Å². The van der Waals surface area contributed by atoms with Gasteiger partial charge in [-0.05, 0) is 49.3 Å². The third-order valence-electron chi connectivity index (χ3n) is 3.56. The number of hydrogen-bond donors (Lipinski definition) is 1. The highest BCUT2D eigenvalue weighted by Gasteiger charge is 2.32. The fourth-order valence-electron chi connectivity index (χ4n) is 2.16. The Bertz CT molecular complexity index is 403. The highest BCUT2D eigenvalue weighted by Crippen LogP contribution is 2.33. The molecule has 1 fully saturated rings. The Kier molecular flexibility index (Phi) is 4.82. The SMILES string of the molecule is Cc1cc(Cl)ccc1OCC1(CS)CCOCC1. The van der Waals surface area contributed by atoms with Crippen LogP contribution in [0.2, 0.25) is 5.02 Å². The maximum Gasteiger partial charge on any atom is 0.122 e. The van der Waals surface area contributed by atoms with Gasteiger partial charge in [-0.3, -0.25) is 0 Å². The lowest BCUT2D eigenvalue weighted by Crippen LogP contribution is -2.37. The van der Waals surface area contributed by atoms with Crippen molar-refractivity contribution in [1.29, 1.82) is 0 Å². The first kappa shape index (κ1) is 14.0. The molecular weight excluding hydrogens is 268 g/mol. The van der Waals surface area contributed by atoms with Crippen LogP contribution in [0.25, 0.3) is 0 Å². The van der Waals surface area contributed by atoms with E-state index in [9.17, 15) is 0 Å². The summed E-state index contributed by atoms with van der Waals surface area (Å²) >= 11 is 10.4. The fraction of sp³-hybridized carbons (Fsp3) is 0.571. The first-order chi connectivity index (χ1) is 8.65. The third-order valence-corrected chi connectivity index (χ3v) is 4.47. The Morgan fingerprint density at radius 1 is 1.39 bits per heavy atom. The van der Waals surface area contributed by atoms with Crippen molar-refractivity contribution in [3.05, 3.63) is 28.8 Å². The second-order valence-corrected chi connectivity index (χ2v) is 5.72. The Hall–Kier alpha value is -0.380. The van der Waals surface area contributed by atoms with Crippen molar-refractivity contribution in [3.8, 4) is 5.75 Å². The van der Waals surface area contributed by atoms with Crippen molar-refractivity contribution in [3.63, 3.8) is 0 Å². The van der Waals surface area contributed by atoms with Gasteiger partial charge in [-0.2, -0.15) is 12.6 Å². The molecule has 0 aliphatic carbocycles. The number of rotatable bonds is 4. The van der Waals surface area contributed by atoms with Crippen molar-refractivity contribution in [2.75, 3.05) is 25.6 Å². The predicted molar refractivity (Wildman–Crippen MR) is 78.0 cm³/mol. The molecule has 0 saturated carbocycles. The zero-order chi connectivity index (χ0) is 13.0. The summed E-state index contributed by atoms with van der Waals surface area (Å²) in [5.41, 5.74) is 1.22. The average Bonchev–Trinajstić information content (AvgIpc) is 2.39. The van der Waals surface area contributed by atoms with Crippen molar-refractivity contribution < 1.29 is 9.47 Å². The highest BCUT2D eigenvalue weighted by atomic mass is 35.5. The van der Waals surface area contributed by atoms with E-state index >= 15 is 0 Å². The first-order valence-corrected chi connectivity index (χ1v) is 7.24. The van der Waals surface area contributed by atoms with Crippen LogP contribution in [0.1, 0.15) is 18.4 Å². The molecule has 1 aliphatic heterocycles. The summed E-state index contributed by atoms with van der Waals surface area (Å²) in [5.74, 6) is 1.75. The number of aryl methyl sites for hydroxylation is 1. The molecule has 0 aromatic heterocycles. The standard InChI is InChI=1S/C14H19ClO2S/c1-11-8-12(15)2-3-13(11)17-9-14(10-18)4-6-16-7-5-14/h2-3,8,18H,4-7,9-10H2,1H3. The number of benzene rings is 1. The Balaban J connectivity index is 2.01. The van der Waals surface area contributed by atoms with E-state index in [-0.39, 0.29) is 5.41 Å². The Morgan fingerprint density at radius 3 is 2.72 bits per heavy atom. The molecule has 1 heterocycles. The molecule has 2 rings (SSSR count). The maximum atomic E-state index is 5.96. The lowest BCUT2D eigenvalue weighted by Gasteiger charge is -2.35. The zero-order valence-electron chi connectivity index (χ0n) is 10.6. The molecule has 100 valence electrons. The molecule has 0 spiro atoms. The lowest BCUT2D eigenvalue weighted by molar-refractivity contribution is 0.00300. The monoisotopic (exact) mass is 286 g/mol. The van der Waals surface area contributed by atoms with Crippen molar-refractivity contribution >= 4 is 24.2 Å². The van der Waals surface area contributed by atoms with Crippen LogP contribution >= 0.6 is 24.2 Å². The molecule has 0 radical (unpaired) electrons. The summed E-state index contributed by atoms with van der Waals surface area (Å²) in [6.07, 6.45) is 2.03. The van der Waals surface area contributed by atoms with Gasteiger partial charge in [-0.25, -0.2) is 0 Å². The van der Waals surface area contributed by atoms with Crippen molar-refractivity contribution in [1.82, 2.24) is 0 Å². The number of ether oxygens (including phenoxy) is 2. The van der Waals surface area contributed by atoms with Gasteiger partial charge in [0.05, 0.1) is 6.61 Å². The van der Waals surface area contributed by atoms with Gasteiger partial charge < -0.3 is 9.47 Å². The van der Waals surface area contributed by atoms with Gasteiger partial charge in [0.15, 0.2) is 0 Å². The molecule has 1 saturated heterocycles. The van der Waals surface area contributed by atoms with Crippen LogP contribution in [-0.4, -0.2) is 25.6 Å². The van der Waals surface area contributed by atoms with E-state index in [1.807, 2.05) is 25.1 Å². The Labute approximate surface area is 119 Å². The van der Waals surface area contributed by atoms with E-state index in [1.54, 1.807) is 0 Å². The van der Waals surface area contributed by atoms with Gasteiger partial charge in [-0.1, -0.05) is 11.6 Å². The van der Waals surface area contributed by atoms with Crippen molar-refractivity contribution in [2.45, 2.75) is 19.8 Å². The molecule has 1 aromatic carbocycles. The molecule has 0 bridgehead atoms. The van der Waals surface area contributed by atoms with Crippen LogP contribution in [0.15, 0.2) is 18.2 Å². The van der Waals surface area contributed by atoms with E-state index in [0.717, 1.165) is 48.1 Å². The maximum absolute atomic E-state index is 5.96. The minimum absolute atomic E-state index is 0.146. The molecule has 0 unspecified atom stereocenters. The molecule has 0 N–H and O–H groups in total. The third kappa shape index (κ3) is 3.34. The van der Waals surface area contributed by atoms with Crippen LogP contribution in [0, 0.1) is 12.3 Å². The van der Waals surface area contributed by atoms with Crippen molar-refractivity contribution in [2.24, 2.45) is 5.41 Å². The summed E-state index contributed by atoms with van der Waals surface area (Å²) in [7, 11) is 0. The van der Waals surface area contributed by atoms with Crippen LogP contribution in [0.3, 0.4) is 0 Å². The summed E-state index contributed by atoms with van der Waals surface area (Å²) in [6.45, 7) is 4.33. The van der Waals surface area contributed by atoms with E-state index in [0.29, 0.717) is 6.61 Å². The van der Waals surface area contributed by atoms with Crippen LogP contribution in [0.5, 0.6) is 5.75 Å². The summed E-state index contributed by atoms with van der Waals surface area (Å²) in [6, 6.07) is 5.72. The first-order valence-electron chi connectivity index (χ1n) is 6.23. The lowest BCUT2D eigenvalue weighted by atomic mass is 9.83. The average molecular weight is 287 g/mol. The summed E-state index contributed by atoms with van der Waals surface area (Å²) < 4.78 is 11.4. The molecule has 4 heteroatoms. The largest absolute Gasteiger partial charge is 0.493 e. The van der Waals surface area contributed by atoms with Crippen LogP contribution in [-0.2, 0) is 4.74 Å². The minimum atomic E-state index is 0.146. The number of hydrogen-bond acceptors (Lipinski definition) is 3. The van der Waals surface area contributed by atoms with Gasteiger partial charge >= 0.3 is 0 Å². The number of halogens is 1. The topological polar surface area (TPSA) is 18.5 Å². The Morgan fingerprint density at radius 2 is 2.11 bits per heavy atom. The predicted octanol–water partition coefficient (Wildman–Crippen LogP) is 3.75. The number of thiol groups is 1. The second-order valence-electron chi connectivity index (χ2n) is 4.97. The quantitative estimate of drug-likeness (QED) is 0.850. The molecule has 0 amide bonds. The highest BCUT2D eigenvalue weighted by molar-refractivity contribution is 7.80. The smallest absolute Gasteiger partial charge is 0.122 e.